The van der Waals surface area contributed by atoms with Crippen LogP contribution in [0, 0.1) is 5.92 Å². The van der Waals surface area contributed by atoms with Gasteiger partial charge in [0.05, 0.1) is 19.6 Å². The topological polar surface area (TPSA) is 55.4 Å². The van der Waals surface area contributed by atoms with E-state index in [4.69, 9.17) is 16.3 Å². The second-order valence-corrected chi connectivity index (χ2v) is 7.21. The molecule has 1 saturated carbocycles. The number of hydrogen-bond donors (Lipinski definition) is 1. The third-order valence-electron chi connectivity index (χ3n) is 4.23. The summed E-state index contributed by atoms with van der Waals surface area (Å²) in [6.07, 6.45) is 0.914. The second-order valence-electron chi connectivity index (χ2n) is 5.83. The van der Waals surface area contributed by atoms with Gasteiger partial charge in [-0.25, -0.2) is 0 Å². The Morgan fingerprint density at radius 1 is 1.33 bits per heavy atom. The predicted octanol–water partition coefficient (Wildman–Crippen LogP) is 3.93. The SMILES string of the molecule is COC(=O)CC(NC(=O)C1CC1c1ccccc1Cl)c1cccs1. The maximum atomic E-state index is 12.6. The number of ether oxygens (including phenoxy) is 1. The van der Waals surface area contributed by atoms with Crippen LogP contribution in [0.4, 0.5) is 0 Å². The molecule has 0 bridgehead atoms. The number of carbonyl (C=O) groups excluding carboxylic acids is 2. The number of carbonyl (C=O) groups is 2. The molecule has 3 unspecified atom stereocenters. The summed E-state index contributed by atoms with van der Waals surface area (Å²) in [6.45, 7) is 0. The Hall–Kier alpha value is -1.85. The van der Waals surface area contributed by atoms with Gasteiger partial charge in [-0.3, -0.25) is 9.59 Å². The van der Waals surface area contributed by atoms with Crippen LogP contribution < -0.4 is 5.32 Å². The van der Waals surface area contributed by atoms with Crippen LogP contribution in [-0.2, 0) is 14.3 Å². The molecule has 0 radical (unpaired) electrons. The number of thiophene rings is 1. The molecule has 2 aromatic rings. The molecule has 1 amide bonds. The molecule has 1 aromatic carbocycles. The Balaban J connectivity index is 1.66. The van der Waals surface area contributed by atoms with Gasteiger partial charge in [-0.05, 0) is 35.4 Å². The summed E-state index contributed by atoms with van der Waals surface area (Å²) in [7, 11) is 1.35. The van der Waals surface area contributed by atoms with Crippen molar-refractivity contribution in [3.05, 3.63) is 57.2 Å². The highest BCUT2D eigenvalue weighted by Crippen LogP contribution is 2.49. The molecule has 0 saturated heterocycles. The number of benzene rings is 1. The van der Waals surface area contributed by atoms with Crippen molar-refractivity contribution >= 4 is 34.8 Å². The van der Waals surface area contributed by atoms with E-state index < -0.39 is 0 Å². The average Bonchev–Trinajstić information content (AvgIpc) is 3.18. The first-order valence-electron chi connectivity index (χ1n) is 7.75. The van der Waals surface area contributed by atoms with E-state index in [1.807, 2.05) is 41.8 Å². The number of nitrogens with one attached hydrogen (secondary N) is 1. The minimum atomic E-state index is -0.350. The molecule has 1 fully saturated rings. The molecule has 24 heavy (non-hydrogen) atoms. The smallest absolute Gasteiger partial charge is 0.307 e. The first-order chi connectivity index (χ1) is 11.6. The zero-order valence-corrected chi connectivity index (χ0v) is 14.8. The Bertz CT molecular complexity index is 732. The highest BCUT2D eigenvalue weighted by molar-refractivity contribution is 7.10. The fourth-order valence-corrected chi connectivity index (χ4v) is 3.90. The maximum Gasteiger partial charge on any atom is 0.307 e. The molecule has 0 aliphatic heterocycles. The standard InChI is InChI=1S/C18H18ClNO3S/c1-23-17(21)10-15(16-7-4-8-24-16)20-18(22)13-9-12(13)11-5-2-3-6-14(11)19/h2-8,12-13,15H,9-10H2,1H3,(H,20,22). The van der Waals surface area contributed by atoms with Crippen molar-refractivity contribution in [1.29, 1.82) is 0 Å². The first-order valence-corrected chi connectivity index (χ1v) is 9.01. The molecule has 4 nitrogen and oxygen atoms in total. The van der Waals surface area contributed by atoms with Gasteiger partial charge >= 0.3 is 5.97 Å². The van der Waals surface area contributed by atoms with Crippen molar-refractivity contribution in [2.45, 2.75) is 24.8 Å². The maximum absolute atomic E-state index is 12.6. The van der Waals surface area contributed by atoms with Gasteiger partial charge in [0.1, 0.15) is 0 Å². The molecule has 1 aliphatic rings. The fourth-order valence-electron chi connectivity index (χ4n) is 2.85. The van der Waals surface area contributed by atoms with Gasteiger partial charge in [-0.2, -0.15) is 0 Å². The summed E-state index contributed by atoms with van der Waals surface area (Å²) in [5.41, 5.74) is 1.01. The summed E-state index contributed by atoms with van der Waals surface area (Å²) in [5, 5.41) is 5.62. The number of hydrogen-bond acceptors (Lipinski definition) is 4. The lowest BCUT2D eigenvalue weighted by atomic mass is 10.1. The lowest BCUT2D eigenvalue weighted by molar-refractivity contribution is -0.141. The van der Waals surface area contributed by atoms with Crippen LogP contribution in [0.2, 0.25) is 5.02 Å². The van der Waals surface area contributed by atoms with Crippen molar-refractivity contribution in [1.82, 2.24) is 5.32 Å². The van der Waals surface area contributed by atoms with Crippen LogP contribution in [0.5, 0.6) is 0 Å². The minimum Gasteiger partial charge on any atom is -0.469 e. The molecule has 3 rings (SSSR count). The van der Waals surface area contributed by atoms with E-state index in [1.165, 1.54) is 18.4 Å². The lowest BCUT2D eigenvalue weighted by Gasteiger charge is -2.16. The van der Waals surface area contributed by atoms with E-state index in [2.05, 4.69) is 5.32 Å². The van der Waals surface area contributed by atoms with Crippen molar-refractivity contribution in [2.75, 3.05) is 7.11 Å². The minimum absolute atomic E-state index is 0.0396. The highest BCUT2D eigenvalue weighted by Gasteiger charge is 2.45. The van der Waals surface area contributed by atoms with Crippen molar-refractivity contribution in [3.63, 3.8) is 0 Å². The highest BCUT2D eigenvalue weighted by atomic mass is 35.5. The van der Waals surface area contributed by atoms with Crippen LogP contribution >= 0.6 is 22.9 Å². The van der Waals surface area contributed by atoms with Crippen molar-refractivity contribution in [3.8, 4) is 0 Å². The van der Waals surface area contributed by atoms with E-state index in [-0.39, 0.29) is 36.2 Å². The van der Waals surface area contributed by atoms with E-state index in [0.29, 0.717) is 5.02 Å². The van der Waals surface area contributed by atoms with E-state index in [1.54, 1.807) is 0 Å². The molecule has 1 aliphatic carbocycles. The quantitative estimate of drug-likeness (QED) is 0.791. The van der Waals surface area contributed by atoms with Crippen LogP contribution in [-0.4, -0.2) is 19.0 Å². The van der Waals surface area contributed by atoms with Gasteiger partial charge in [-0.15, -0.1) is 11.3 Å². The largest absolute Gasteiger partial charge is 0.469 e. The van der Waals surface area contributed by atoms with Crippen LogP contribution in [0.15, 0.2) is 41.8 Å². The number of rotatable bonds is 6. The van der Waals surface area contributed by atoms with Crippen LogP contribution in [0.25, 0.3) is 0 Å². The third kappa shape index (κ3) is 3.79. The Morgan fingerprint density at radius 2 is 2.12 bits per heavy atom. The molecule has 0 spiro atoms. The Labute approximate surface area is 149 Å². The van der Waals surface area contributed by atoms with Crippen molar-refractivity contribution < 1.29 is 14.3 Å². The summed E-state index contributed by atoms with van der Waals surface area (Å²) >= 11 is 7.73. The van der Waals surface area contributed by atoms with Gasteiger partial charge in [0.15, 0.2) is 0 Å². The second kappa shape index (κ2) is 7.36. The summed E-state index contributed by atoms with van der Waals surface area (Å²) < 4.78 is 4.74. The number of amides is 1. The molecular formula is C18H18ClNO3S. The van der Waals surface area contributed by atoms with Gasteiger partial charge in [0.2, 0.25) is 5.91 Å². The first kappa shape index (κ1) is 17.0. The normalized spacial score (nSPS) is 20.2. The molecule has 126 valence electrons. The lowest BCUT2D eigenvalue weighted by Crippen LogP contribution is -2.31. The predicted molar refractivity (Wildman–Crippen MR) is 94.1 cm³/mol. The zero-order chi connectivity index (χ0) is 17.1. The van der Waals surface area contributed by atoms with Gasteiger partial charge in [0.25, 0.3) is 0 Å². The molecular weight excluding hydrogens is 346 g/mol. The van der Waals surface area contributed by atoms with E-state index in [0.717, 1.165) is 16.9 Å². The molecule has 1 aromatic heterocycles. The van der Waals surface area contributed by atoms with E-state index >= 15 is 0 Å². The van der Waals surface area contributed by atoms with Crippen LogP contribution in [0.1, 0.15) is 35.2 Å². The molecule has 6 heteroatoms. The van der Waals surface area contributed by atoms with Crippen molar-refractivity contribution in [2.24, 2.45) is 5.92 Å². The fraction of sp³-hybridized carbons (Fsp3) is 0.333. The number of methoxy groups -OCH3 is 1. The van der Waals surface area contributed by atoms with Gasteiger partial charge in [-0.1, -0.05) is 35.9 Å². The van der Waals surface area contributed by atoms with Gasteiger partial charge in [0, 0.05) is 15.8 Å². The average molecular weight is 364 g/mol. The Morgan fingerprint density at radius 3 is 2.79 bits per heavy atom. The monoisotopic (exact) mass is 363 g/mol. The number of halogens is 1. The Kier molecular flexibility index (Phi) is 5.21. The zero-order valence-electron chi connectivity index (χ0n) is 13.2. The number of esters is 1. The molecule has 1 N–H and O–H groups in total. The molecule has 1 heterocycles. The van der Waals surface area contributed by atoms with Crippen LogP contribution in [0.3, 0.4) is 0 Å². The van der Waals surface area contributed by atoms with Gasteiger partial charge < -0.3 is 10.1 Å². The van der Waals surface area contributed by atoms with E-state index in [9.17, 15) is 9.59 Å². The summed E-state index contributed by atoms with van der Waals surface area (Å²) in [5.74, 6) is -0.319. The summed E-state index contributed by atoms with van der Waals surface area (Å²) in [6, 6.07) is 11.1. The summed E-state index contributed by atoms with van der Waals surface area (Å²) in [4.78, 5) is 25.2. The molecule has 3 atom stereocenters. The third-order valence-corrected chi connectivity index (χ3v) is 5.56.